The average Bonchev–Trinajstić information content (AvgIpc) is 2.78. The summed E-state index contributed by atoms with van der Waals surface area (Å²) in [4.78, 5) is 21.7. The molecule has 9 nitrogen and oxygen atoms in total. The zero-order chi connectivity index (χ0) is 21.6. The molecule has 0 aliphatic heterocycles. The van der Waals surface area contributed by atoms with E-state index in [1.807, 2.05) is 45.2 Å². The maximum absolute atomic E-state index is 6.03. The third kappa shape index (κ3) is 5.01. The van der Waals surface area contributed by atoms with E-state index in [2.05, 4.69) is 35.6 Å². The average molecular weight is 418 g/mol. The molecule has 0 bridgehead atoms. The van der Waals surface area contributed by atoms with Crippen LogP contribution in [0.15, 0.2) is 49.2 Å². The number of rotatable bonds is 8. The van der Waals surface area contributed by atoms with Crippen molar-refractivity contribution in [3.05, 3.63) is 60.4 Å². The van der Waals surface area contributed by atoms with Crippen LogP contribution in [-0.4, -0.2) is 45.1 Å². The number of hydrogen-bond donors (Lipinski definition) is 2. The Labute approximate surface area is 179 Å². The van der Waals surface area contributed by atoms with Gasteiger partial charge < -0.3 is 20.1 Å². The molecule has 0 radical (unpaired) electrons. The van der Waals surface area contributed by atoms with Gasteiger partial charge in [0.25, 0.3) is 0 Å². The second kappa shape index (κ2) is 9.31. The highest BCUT2D eigenvalue weighted by molar-refractivity contribution is 5.91. The molecule has 0 fully saturated rings. The number of likely N-dealkylation sites (N-methyl/N-ethyl adjacent to an activating group) is 1. The monoisotopic (exact) mass is 418 g/mol. The summed E-state index contributed by atoms with van der Waals surface area (Å²) in [5, 5.41) is 6.06. The van der Waals surface area contributed by atoms with Gasteiger partial charge in [0.15, 0.2) is 0 Å². The van der Waals surface area contributed by atoms with Crippen molar-refractivity contribution < 1.29 is 14.8 Å². The smallest absolute Gasteiger partial charge is 0.222 e. The zero-order valence-corrected chi connectivity index (χ0v) is 17.7. The van der Waals surface area contributed by atoms with Crippen LogP contribution in [0.3, 0.4) is 0 Å². The number of quaternary nitrogens is 1. The van der Waals surface area contributed by atoms with Crippen LogP contribution < -0.4 is 20.1 Å². The Bertz CT molecular complexity index is 1180. The van der Waals surface area contributed by atoms with E-state index in [4.69, 9.17) is 9.47 Å². The van der Waals surface area contributed by atoms with Gasteiger partial charge in [0, 0.05) is 10.9 Å². The summed E-state index contributed by atoms with van der Waals surface area (Å²) in [5.74, 6) is 3.10. The first-order chi connectivity index (χ1) is 15.1. The van der Waals surface area contributed by atoms with E-state index < -0.39 is 0 Å². The minimum atomic E-state index is 0.518. The summed E-state index contributed by atoms with van der Waals surface area (Å²) in [6.45, 7) is 5.35. The first-order valence-corrected chi connectivity index (χ1v) is 9.98. The molecular weight excluding hydrogens is 394 g/mol. The van der Waals surface area contributed by atoms with Crippen molar-refractivity contribution in [3.8, 4) is 17.4 Å². The number of ether oxygens (including phenoxy) is 2. The third-order valence-electron chi connectivity index (χ3n) is 4.53. The number of nitrogens with one attached hydrogen (secondary N) is 1. The van der Waals surface area contributed by atoms with Crippen LogP contribution in [0, 0.1) is 13.8 Å². The summed E-state index contributed by atoms with van der Waals surface area (Å²) in [6.07, 6.45) is 6.54. The van der Waals surface area contributed by atoms with Crippen LogP contribution >= 0.6 is 0 Å². The van der Waals surface area contributed by atoms with E-state index in [0.29, 0.717) is 29.9 Å². The van der Waals surface area contributed by atoms with Crippen LogP contribution in [-0.2, 0) is 0 Å². The molecular formula is C22H24N7O2+. The Hall–Kier alpha value is -3.85. The van der Waals surface area contributed by atoms with Gasteiger partial charge in [-0.3, -0.25) is 4.98 Å². The molecule has 9 heteroatoms. The van der Waals surface area contributed by atoms with Crippen molar-refractivity contribution in [3.63, 3.8) is 0 Å². The second-order valence-electron chi connectivity index (χ2n) is 7.01. The molecule has 31 heavy (non-hydrogen) atoms. The van der Waals surface area contributed by atoms with Crippen LogP contribution in [0.1, 0.15) is 11.3 Å². The van der Waals surface area contributed by atoms with Crippen molar-refractivity contribution in [2.24, 2.45) is 0 Å². The second-order valence-corrected chi connectivity index (χ2v) is 7.01. The van der Waals surface area contributed by atoms with Gasteiger partial charge in [0.1, 0.15) is 42.6 Å². The molecule has 0 saturated carbocycles. The predicted molar refractivity (Wildman–Crippen MR) is 117 cm³/mol. The van der Waals surface area contributed by atoms with Gasteiger partial charge in [0.05, 0.1) is 36.8 Å². The Balaban J connectivity index is 1.57. The van der Waals surface area contributed by atoms with Crippen LogP contribution in [0.2, 0.25) is 0 Å². The topological polar surface area (TPSA) is 112 Å². The normalized spacial score (nSPS) is 10.8. The summed E-state index contributed by atoms with van der Waals surface area (Å²) in [5.41, 5.74) is 2.51. The number of aromatic nitrogens is 5. The fourth-order valence-corrected chi connectivity index (χ4v) is 2.91. The Kier molecular flexibility index (Phi) is 6.13. The molecule has 0 atom stereocenters. The fourth-order valence-electron chi connectivity index (χ4n) is 2.91. The summed E-state index contributed by atoms with van der Waals surface area (Å²) in [7, 11) is 2.01. The third-order valence-corrected chi connectivity index (χ3v) is 4.53. The predicted octanol–water partition coefficient (Wildman–Crippen LogP) is 2.54. The standard InChI is InChI=1S/C22H23N7O2/c1-14-8-17(30-7-6-23-3)11-26-22(14)31-16-4-5-19-18(9-16)21(28-13-27-19)29-20-12-24-15(2)10-25-20/h4-5,8-13,23H,6-7H2,1-3H3,(H,25,27,28,29)/p+1. The largest absolute Gasteiger partial charge is 0.486 e. The molecule has 158 valence electrons. The van der Waals surface area contributed by atoms with Gasteiger partial charge in [-0.05, 0) is 38.1 Å². The molecule has 4 rings (SSSR count). The Morgan fingerprint density at radius 2 is 1.84 bits per heavy atom. The highest BCUT2D eigenvalue weighted by Crippen LogP contribution is 2.30. The first kappa shape index (κ1) is 20.4. The van der Waals surface area contributed by atoms with Gasteiger partial charge in [0.2, 0.25) is 5.88 Å². The number of hydrogen-bond acceptors (Lipinski definition) is 8. The van der Waals surface area contributed by atoms with Crippen LogP contribution in [0.5, 0.6) is 17.4 Å². The van der Waals surface area contributed by atoms with Crippen molar-refractivity contribution in [1.82, 2.24) is 24.9 Å². The molecule has 3 aromatic heterocycles. The van der Waals surface area contributed by atoms with E-state index in [-0.39, 0.29) is 0 Å². The van der Waals surface area contributed by atoms with Crippen molar-refractivity contribution in [2.45, 2.75) is 13.8 Å². The van der Waals surface area contributed by atoms with E-state index in [1.54, 1.807) is 18.6 Å². The maximum Gasteiger partial charge on any atom is 0.222 e. The SMILES string of the molecule is C[NH2+]CCOc1cnc(Oc2ccc3ncnc(Nc4cnc(C)cn4)c3c2)c(C)c1. The minimum absolute atomic E-state index is 0.518. The number of nitrogens with two attached hydrogens (primary N) is 1. The summed E-state index contributed by atoms with van der Waals surface area (Å²) in [6, 6.07) is 7.53. The van der Waals surface area contributed by atoms with E-state index in [0.717, 1.165) is 34.5 Å². The molecule has 0 aliphatic rings. The molecule has 0 spiro atoms. The molecule has 0 amide bonds. The molecule has 1 aromatic carbocycles. The lowest BCUT2D eigenvalue weighted by molar-refractivity contribution is -0.627. The number of pyridine rings is 1. The molecule has 3 heterocycles. The van der Waals surface area contributed by atoms with Gasteiger partial charge in [-0.15, -0.1) is 0 Å². The minimum Gasteiger partial charge on any atom is -0.486 e. The van der Waals surface area contributed by atoms with Gasteiger partial charge in [-0.2, -0.15) is 0 Å². The number of aryl methyl sites for hydroxylation is 2. The van der Waals surface area contributed by atoms with E-state index >= 15 is 0 Å². The summed E-state index contributed by atoms with van der Waals surface area (Å²) >= 11 is 0. The number of fused-ring (bicyclic) bond motifs is 1. The zero-order valence-electron chi connectivity index (χ0n) is 17.7. The van der Waals surface area contributed by atoms with Gasteiger partial charge >= 0.3 is 0 Å². The molecule has 0 unspecified atom stereocenters. The molecule has 0 aliphatic carbocycles. The van der Waals surface area contributed by atoms with Crippen molar-refractivity contribution in [2.75, 3.05) is 25.5 Å². The number of benzene rings is 1. The maximum atomic E-state index is 6.03. The highest BCUT2D eigenvalue weighted by atomic mass is 16.5. The Morgan fingerprint density at radius 3 is 2.61 bits per heavy atom. The molecule has 3 N–H and O–H groups in total. The van der Waals surface area contributed by atoms with Gasteiger partial charge in [-0.25, -0.2) is 19.9 Å². The van der Waals surface area contributed by atoms with Crippen LogP contribution in [0.25, 0.3) is 10.9 Å². The fraction of sp³-hybridized carbons (Fsp3) is 0.227. The molecule has 4 aromatic rings. The quantitative estimate of drug-likeness (QED) is 0.420. The van der Waals surface area contributed by atoms with E-state index in [1.165, 1.54) is 6.33 Å². The highest BCUT2D eigenvalue weighted by Gasteiger charge is 2.10. The Morgan fingerprint density at radius 1 is 0.935 bits per heavy atom. The van der Waals surface area contributed by atoms with E-state index in [9.17, 15) is 0 Å². The number of anilines is 2. The lowest BCUT2D eigenvalue weighted by Gasteiger charge is -2.12. The molecule has 0 saturated heterocycles. The first-order valence-electron chi connectivity index (χ1n) is 9.98. The van der Waals surface area contributed by atoms with Gasteiger partial charge in [-0.1, -0.05) is 0 Å². The lowest BCUT2D eigenvalue weighted by atomic mass is 10.2. The lowest BCUT2D eigenvalue weighted by Crippen LogP contribution is -2.80. The van der Waals surface area contributed by atoms with Crippen molar-refractivity contribution in [1.29, 1.82) is 0 Å². The number of nitrogens with zero attached hydrogens (tertiary/aromatic N) is 5. The van der Waals surface area contributed by atoms with Crippen LogP contribution in [0.4, 0.5) is 11.6 Å². The summed E-state index contributed by atoms with van der Waals surface area (Å²) < 4.78 is 11.7. The van der Waals surface area contributed by atoms with Crippen molar-refractivity contribution >= 4 is 22.5 Å².